The van der Waals surface area contributed by atoms with Gasteiger partial charge in [0.2, 0.25) is 5.91 Å². The fourth-order valence-electron chi connectivity index (χ4n) is 4.67. The van der Waals surface area contributed by atoms with E-state index in [0.717, 1.165) is 23.1 Å². The van der Waals surface area contributed by atoms with Crippen LogP contribution < -0.4 is 14.5 Å². The van der Waals surface area contributed by atoms with E-state index < -0.39 is 67.3 Å². The van der Waals surface area contributed by atoms with Gasteiger partial charge in [-0.15, -0.1) is 13.2 Å². The molecule has 198 valence electrons. The van der Waals surface area contributed by atoms with Crippen LogP contribution in [0.3, 0.4) is 0 Å². The highest BCUT2D eigenvalue weighted by Gasteiger charge is 2.69. The molecule has 1 atom stereocenters. The number of carbonyl (C=O) groups excluding carboxylic acids is 2. The molecule has 0 N–H and O–H groups in total. The smallest absolute Gasteiger partial charge is 0.406 e. The van der Waals surface area contributed by atoms with Gasteiger partial charge in [0, 0.05) is 22.3 Å². The van der Waals surface area contributed by atoms with Crippen molar-refractivity contribution in [2.75, 3.05) is 15.6 Å². The van der Waals surface area contributed by atoms with Crippen LogP contribution in [0.25, 0.3) is 0 Å². The molecule has 0 aromatic heterocycles. The maximum atomic E-state index is 14.2. The molecule has 1 unspecified atom stereocenters. The van der Waals surface area contributed by atoms with Crippen LogP contribution in [-0.4, -0.2) is 32.3 Å². The number of amides is 2. The minimum Gasteiger partial charge on any atom is -0.406 e. The van der Waals surface area contributed by atoms with Crippen molar-refractivity contribution in [1.82, 2.24) is 0 Å². The van der Waals surface area contributed by atoms with Crippen LogP contribution in [0.5, 0.6) is 5.75 Å². The second kappa shape index (κ2) is 8.67. The third kappa shape index (κ3) is 3.97. The van der Waals surface area contributed by atoms with Crippen LogP contribution in [0.2, 0.25) is 5.02 Å². The van der Waals surface area contributed by atoms with E-state index in [1.54, 1.807) is 12.1 Å². The van der Waals surface area contributed by atoms with Gasteiger partial charge in [-0.1, -0.05) is 23.7 Å². The molecule has 1 spiro atoms. The zero-order valence-electron chi connectivity index (χ0n) is 18.8. The van der Waals surface area contributed by atoms with Crippen molar-refractivity contribution in [1.29, 1.82) is 0 Å². The van der Waals surface area contributed by atoms with Gasteiger partial charge in [0.05, 0.1) is 12.2 Å². The summed E-state index contributed by atoms with van der Waals surface area (Å²) in [4.78, 5) is 25.7. The van der Waals surface area contributed by atoms with E-state index in [0.29, 0.717) is 33.7 Å². The van der Waals surface area contributed by atoms with Gasteiger partial charge >= 0.3 is 6.36 Å². The molecule has 2 aliphatic rings. The summed E-state index contributed by atoms with van der Waals surface area (Å²) >= 11 is 5.90. The highest BCUT2D eigenvalue weighted by Crippen LogP contribution is 2.54. The van der Waals surface area contributed by atoms with E-state index in [1.165, 1.54) is 12.1 Å². The number of hydrogen-bond donors (Lipinski definition) is 0. The molecule has 1 fully saturated rings. The molecule has 38 heavy (non-hydrogen) atoms. The van der Waals surface area contributed by atoms with Gasteiger partial charge in [0.1, 0.15) is 11.5 Å². The van der Waals surface area contributed by atoms with E-state index in [4.69, 9.17) is 11.6 Å². The predicted molar refractivity (Wildman–Crippen MR) is 125 cm³/mol. The molecule has 2 aliphatic heterocycles. The largest absolute Gasteiger partial charge is 0.573 e. The lowest BCUT2D eigenvalue weighted by Gasteiger charge is -2.32. The number of nitrogens with zero attached hydrogens (tertiary/aromatic N) is 2. The van der Waals surface area contributed by atoms with Crippen molar-refractivity contribution in [3.05, 3.63) is 88.4 Å². The van der Waals surface area contributed by atoms with E-state index in [1.807, 2.05) is 0 Å². The molecule has 2 amide bonds. The first kappa shape index (κ1) is 25.9. The molecule has 5 rings (SSSR count). The highest BCUT2D eigenvalue weighted by atomic mass is 35.5. The first-order chi connectivity index (χ1) is 17.7. The third-order valence-electron chi connectivity index (χ3n) is 6.14. The summed E-state index contributed by atoms with van der Waals surface area (Å²) in [6.07, 6.45) is -5.16. The fourth-order valence-corrected chi connectivity index (χ4v) is 6.82. The van der Waals surface area contributed by atoms with E-state index in [-0.39, 0.29) is 12.2 Å². The number of fused-ring (bicyclic) bond motifs is 2. The molecule has 2 heterocycles. The van der Waals surface area contributed by atoms with Crippen LogP contribution in [0.15, 0.2) is 60.7 Å². The molecule has 7 nitrogen and oxygen atoms in total. The van der Waals surface area contributed by atoms with Crippen molar-refractivity contribution >= 4 is 44.6 Å². The van der Waals surface area contributed by atoms with Crippen LogP contribution in [0.4, 0.5) is 33.3 Å². The molecule has 3 aromatic carbocycles. The quantitative estimate of drug-likeness (QED) is 0.424. The molecule has 0 bridgehead atoms. The Labute approximate surface area is 216 Å². The zero-order chi connectivity index (χ0) is 27.6. The van der Waals surface area contributed by atoms with Gasteiger partial charge in [-0.3, -0.25) is 14.5 Å². The van der Waals surface area contributed by atoms with Gasteiger partial charge in [-0.05, 0) is 48.0 Å². The van der Waals surface area contributed by atoms with Gasteiger partial charge < -0.3 is 9.64 Å². The molecule has 0 saturated carbocycles. The van der Waals surface area contributed by atoms with E-state index in [2.05, 4.69) is 4.74 Å². The van der Waals surface area contributed by atoms with Crippen molar-refractivity contribution in [3.63, 3.8) is 0 Å². The van der Waals surface area contributed by atoms with Crippen LogP contribution in [0, 0.1) is 11.6 Å². The van der Waals surface area contributed by atoms with Crippen LogP contribution in [0.1, 0.15) is 11.1 Å². The molecule has 14 heteroatoms. The Morgan fingerprint density at radius 1 is 0.947 bits per heavy atom. The van der Waals surface area contributed by atoms with Crippen molar-refractivity contribution in [2.24, 2.45) is 0 Å². The molecule has 0 radical (unpaired) electrons. The summed E-state index contributed by atoms with van der Waals surface area (Å²) in [6.45, 7) is -0.250. The second-order valence-electron chi connectivity index (χ2n) is 8.48. The van der Waals surface area contributed by atoms with Crippen molar-refractivity contribution in [2.45, 2.75) is 17.8 Å². The molecular weight excluding hydrogens is 559 g/mol. The number of benzene rings is 3. The number of ether oxygens (including phenoxy) is 1. The maximum Gasteiger partial charge on any atom is 0.573 e. The van der Waals surface area contributed by atoms with Gasteiger partial charge in [0.15, 0.2) is 21.5 Å². The summed E-state index contributed by atoms with van der Waals surface area (Å²) < 4.78 is 97.9. The van der Waals surface area contributed by atoms with Gasteiger partial charge in [0.25, 0.3) is 10.8 Å². The first-order valence-electron chi connectivity index (χ1n) is 10.7. The minimum absolute atomic E-state index is 0.120. The molecule has 1 saturated heterocycles. The lowest BCUT2D eigenvalue weighted by molar-refractivity contribution is -0.274. The number of rotatable bonds is 4. The summed E-state index contributed by atoms with van der Waals surface area (Å²) in [5.41, 5.74) is -0.633. The SMILES string of the molecule is O=C1CS(=O)(=O)C2(C(=O)N(Cc3ccc(Cl)cc3)c3ccc(OC(F)(F)F)cc32)N1c1ccc(F)c(F)c1. The van der Waals surface area contributed by atoms with E-state index in [9.17, 15) is 40.0 Å². The number of alkyl halides is 3. The second-order valence-corrected chi connectivity index (χ2v) is 11.0. The monoisotopic (exact) mass is 572 g/mol. The number of sulfone groups is 1. The van der Waals surface area contributed by atoms with E-state index >= 15 is 0 Å². The number of carbonyl (C=O) groups is 2. The minimum atomic E-state index is -5.16. The Morgan fingerprint density at radius 3 is 2.26 bits per heavy atom. The standard InChI is InChI=1S/C24H14ClF5N2O5S/c25-14-3-1-13(2-4-14)11-31-20-8-6-16(37-24(28,29)30)10-17(20)23(22(31)34)32(21(33)12-38(23,35)36)15-5-7-18(26)19(27)9-15/h1-10H,11-12H2. The normalized spacial score (nSPS) is 20.4. The molecular formula is C24H14ClF5N2O5S. The average molecular weight is 573 g/mol. The molecule has 3 aromatic rings. The van der Waals surface area contributed by atoms with Crippen molar-refractivity contribution < 1.29 is 44.7 Å². The van der Waals surface area contributed by atoms with Gasteiger partial charge in [-0.2, -0.15) is 0 Å². The summed E-state index contributed by atoms with van der Waals surface area (Å²) in [6, 6.07) is 10.8. The number of anilines is 2. The lowest BCUT2D eigenvalue weighted by Crippen LogP contribution is -2.54. The van der Waals surface area contributed by atoms with Crippen LogP contribution in [-0.2, 0) is 30.8 Å². The Hall–Kier alpha value is -3.71. The summed E-state index contributed by atoms with van der Waals surface area (Å²) in [5.74, 6) is -7.16. The fraction of sp³-hybridized carbons (Fsp3) is 0.167. The Bertz CT molecular complexity index is 1600. The summed E-state index contributed by atoms with van der Waals surface area (Å²) in [7, 11) is -4.80. The average Bonchev–Trinajstić information content (AvgIpc) is 3.18. The maximum absolute atomic E-state index is 14.2. The first-order valence-corrected chi connectivity index (χ1v) is 12.7. The van der Waals surface area contributed by atoms with Crippen molar-refractivity contribution in [3.8, 4) is 5.75 Å². The number of halogens is 6. The Balaban J connectivity index is 1.77. The topological polar surface area (TPSA) is 84.0 Å². The lowest BCUT2D eigenvalue weighted by atomic mass is 10.0. The molecule has 0 aliphatic carbocycles. The predicted octanol–water partition coefficient (Wildman–Crippen LogP) is 4.68. The Kier molecular flexibility index (Phi) is 5.91. The highest BCUT2D eigenvalue weighted by molar-refractivity contribution is 7.94. The zero-order valence-corrected chi connectivity index (χ0v) is 20.4. The number of hydrogen-bond acceptors (Lipinski definition) is 5. The third-order valence-corrected chi connectivity index (χ3v) is 8.49. The summed E-state index contributed by atoms with van der Waals surface area (Å²) in [5, 5.41) is 0.376. The van der Waals surface area contributed by atoms with Crippen LogP contribution >= 0.6 is 11.6 Å². The van der Waals surface area contributed by atoms with Gasteiger partial charge in [-0.25, -0.2) is 17.2 Å². The Morgan fingerprint density at radius 2 is 1.63 bits per heavy atom.